The van der Waals surface area contributed by atoms with Crippen molar-refractivity contribution >= 4 is 35.8 Å². The Morgan fingerprint density at radius 1 is 1.16 bits per heavy atom. The summed E-state index contributed by atoms with van der Waals surface area (Å²) in [5.74, 6) is -3.54. The van der Waals surface area contributed by atoms with E-state index in [4.69, 9.17) is 28.8 Å². The molecule has 0 bridgehead atoms. The number of ether oxygens (including phenoxy) is 5. The molecule has 238 valence electrons. The minimum atomic E-state index is -1.30. The van der Waals surface area contributed by atoms with Gasteiger partial charge < -0.3 is 44.5 Å². The topological polar surface area (TPSA) is 196 Å². The fourth-order valence-corrected chi connectivity index (χ4v) is 4.93. The van der Waals surface area contributed by atoms with Crippen molar-refractivity contribution in [3.63, 3.8) is 0 Å². The predicted molar refractivity (Wildman–Crippen MR) is 150 cm³/mol. The van der Waals surface area contributed by atoms with E-state index in [0.29, 0.717) is 5.56 Å². The Bertz CT molecular complexity index is 1340. The molecule has 0 unspecified atom stereocenters. The Balaban J connectivity index is 1.45. The highest BCUT2D eigenvalue weighted by atomic mass is 16.7. The highest BCUT2D eigenvalue weighted by Crippen LogP contribution is 2.32. The number of aliphatic hydroxyl groups excluding tert-OH is 2. The van der Waals surface area contributed by atoms with Gasteiger partial charge in [0.2, 0.25) is 17.9 Å². The summed E-state index contributed by atoms with van der Waals surface area (Å²) in [4.78, 5) is 63.3. The van der Waals surface area contributed by atoms with Crippen LogP contribution in [-0.2, 0) is 42.9 Å². The summed E-state index contributed by atoms with van der Waals surface area (Å²) < 4.78 is 27.2. The molecule has 14 nitrogen and oxygen atoms in total. The highest BCUT2D eigenvalue weighted by molar-refractivity contribution is 5.98. The van der Waals surface area contributed by atoms with Crippen LogP contribution in [-0.4, -0.2) is 103 Å². The summed E-state index contributed by atoms with van der Waals surface area (Å²) in [7, 11) is 0. The van der Waals surface area contributed by atoms with Crippen LogP contribution >= 0.6 is 0 Å². The monoisotopic (exact) mass is 616 g/mol. The molecule has 0 radical (unpaired) electrons. The number of hydrogen-bond donors (Lipinski definition) is 4. The smallest absolute Gasteiger partial charge is 0.348 e. The molecular formula is C30H36N2O12. The second-order valence-corrected chi connectivity index (χ2v) is 11.3. The van der Waals surface area contributed by atoms with E-state index in [2.05, 4.69) is 10.6 Å². The van der Waals surface area contributed by atoms with E-state index in [0.717, 1.165) is 6.08 Å². The average Bonchev–Trinajstić information content (AvgIpc) is 3.57. The molecule has 2 aliphatic heterocycles. The lowest BCUT2D eigenvalue weighted by Crippen LogP contribution is -2.54. The zero-order valence-corrected chi connectivity index (χ0v) is 24.5. The lowest BCUT2D eigenvalue weighted by atomic mass is 9.90. The first-order valence-corrected chi connectivity index (χ1v) is 14.1. The molecule has 4 N–H and O–H groups in total. The second-order valence-electron chi connectivity index (χ2n) is 11.3. The number of cyclic esters (lactones) is 1. The maximum Gasteiger partial charge on any atom is 0.348 e. The lowest BCUT2D eigenvalue weighted by Gasteiger charge is -2.31. The Hall–Kier alpha value is -4.11. The molecule has 3 aliphatic rings. The third-order valence-corrected chi connectivity index (χ3v) is 7.33. The average molecular weight is 617 g/mol. The third-order valence-electron chi connectivity index (χ3n) is 7.33. The van der Waals surface area contributed by atoms with Gasteiger partial charge in [0.05, 0.1) is 18.3 Å². The Morgan fingerprint density at radius 2 is 1.91 bits per heavy atom. The van der Waals surface area contributed by atoms with Crippen molar-refractivity contribution in [2.75, 3.05) is 26.6 Å². The van der Waals surface area contributed by atoms with Crippen LogP contribution in [0.3, 0.4) is 0 Å². The number of carbonyl (C=O) groups excluding carboxylic acids is 5. The van der Waals surface area contributed by atoms with Gasteiger partial charge in [0, 0.05) is 30.0 Å². The molecule has 6 atom stereocenters. The summed E-state index contributed by atoms with van der Waals surface area (Å²) in [6.45, 7) is 4.47. The summed E-state index contributed by atoms with van der Waals surface area (Å²) in [5.41, 5.74) is -0.0804. The number of fused-ring (bicyclic) bond motifs is 1. The third kappa shape index (κ3) is 7.69. The molecule has 4 rings (SSSR count). The zero-order chi connectivity index (χ0) is 32.0. The second kappa shape index (κ2) is 14.1. The molecule has 0 aromatic heterocycles. The van der Waals surface area contributed by atoms with Crippen LogP contribution in [0.1, 0.15) is 43.1 Å². The van der Waals surface area contributed by atoms with Gasteiger partial charge in [-0.05, 0) is 30.7 Å². The number of carbonyl (C=O) groups is 5. The van der Waals surface area contributed by atoms with E-state index in [1.165, 1.54) is 25.1 Å². The van der Waals surface area contributed by atoms with E-state index in [9.17, 15) is 29.1 Å². The number of nitrogens with one attached hydrogen (secondary N) is 2. The molecule has 2 heterocycles. The highest BCUT2D eigenvalue weighted by Gasteiger charge is 2.46. The van der Waals surface area contributed by atoms with Gasteiger partial charge in [-0.2, -0.15) is 0 Å². The minimum absolute atomic E-state index is 0.0568. The molecule has 2 saturated heterocycles. The zero-order valence-electron chi connectivity index (χ0n) is 24.5. The summed E-state index contributed by atoms with van der Waals surface area (Å²) in [6.07, 6.45) is -0.772. The molecule has 2 fully saturated rings. The lowest BCUT2D eigenvalue weighted by molar-refractivity contribution is -0.159. The van der Waals surface area contributed by atoms with E-state index < -0.39 is 71.7 Å². The number of esters is 3. The standard InChI is InChI=1S/C30H36N2O12/c1-16(34)23(27(37)31-10-11-33)32-26(36)18-12-20-24(42-15-41-20)21(13-18)43-28(38)19-7-5-4-6-17(19)8-9-22(35)44-25-29(39)40-14-30(25,2)3/h4-9,12,16,20-21,23-25,33-34H,10-11,13-15H2,1-3H3,(H,31,37)(H,32,36)/t16-,20+,21+,23+,24+,25-/m0/s1. The quantitative estimate of drug-likeness (QED) is 0.145. The first kappa shape index (κ1) is 32.8. The van der Waals surface area contributed by atoms with Crippen molar-refractivity contribution in [2.45, 2.75) is 63.8 Å². The van der Waals surface area contributed by atoms with E-state index >= 15 is 0 Å². The van der Waals surface area contributed by atoms with Gasteiger partial charge in [-0.3, -0.25) is 9.59 Å². The van der Waals surface area contributed by atoms with Crippen LogP contribution in [0, 0.1) is 5.41 Å². The van der Waals surface area contributed by atoms with Gasteiger partial charge in [-0.15, -0.1) is 0 Å². The Morgan fingerprint density at radius 3 is 2.59 bits per heavy atom. The largest absolute Gasteiger partial charge is 0.462 e. The molecule has 1 aromatic rings. The van der Waals surface area contributed by atoms with Crippen molar-refractivity contribution in [1.82, 2.24) is 10.6 Å². The molecule has 0 spiro atoms. The number of hydrogen-bond acceptors (Lipinski definition) is 12. The molecule has 2 amide bonds. The molecule has 1 aromatic carbocycles. The number of amides is 2. The molecular weight excluding hydrogens is 580 g/mol. The Labute approximate surface area is 253 Å². The van der Waals surface area contributed by atoms with Crippen LogP contribution in [0.5, 0.6) is 0 Å². The van der Waals surface area contributed by atoms with E-state index in [-0.39, 0.29) is 44.1 Å². The van der Waals surface area contributed by atoms with Crippen LogP contribution in [0.25, 0.3) is 6.08 Å². The van der Waals surface area contributed by atoms with Crippen molar-refractivity contribution in [2.24, 2.45) is 5.41 Å². The minimum Gasteiger partial charge on any atom is -0.462 e. The first-order chi connectivity index (χ1) is 20.9. The summed E-state index contributed by atoms with van der Waals surface area (Å²) in [6, 6.07) is 5.05. The van der Waals surface area contributed by atoms with Crippen LogP contribution in [0.15, 0.2) is 42.0 Å². The van der Waals surface area contributed by atoms with Gasteiger partial charge in [0.25, 0.3) is 0 Å². The van der Waals surface area contributed by atoms with Gasteiger partial charge in [-0.25, -0.2) is 14.4 Å². The summed E-state index contributed by atoms with van der Waals surface area (Å²) in [5, 5.41) is 23.9. The number of aliphatic hydroxyl groups is 2. The van der Waals surface area contributed by atoms with Crippen molar-refractivity contribution in [1.29, 1.82) is 0 Å². The van der Waals surface area contributed by atoms with Crippen molar-refractivity contribution in [3.05, 3.63) is 53.1 Å². The summed E-state index contributed by atoms with van der Waals surface area (Å²) >= 11 is 0. The molecule has 44 heavy (non-hydrogen) atoms. The molecule has 14 heteroatoms. The van der Waals surface area contributed by atoms with Crippen molar-refractivity contribution in [3.8, 4) is 0 Å². The van der Waals surface area contributed by atoms with Gasteiger partial charge in [-0.1, -0.05) is 32.0 Å². The van der Waals surface area contributed by atoms with Crippen molar-refractivity contribution < 1.29 is 57.9 Å². The fraction of sp³-hybridized carbons (Fsp3) is 0.500. The van der Waals surface area contributed by atoms with E-state index in [1.807, 2.05) is 0 Å². The maximum absolute atomic E-state index is 13.4. The van der Waals surface area contributed by atoms with Gasteiger partial charge >= 0.3 is 17.9 Å². The number of benzene rings is 1. The van der Waals surface area contributed by atoms with Gasteiger partial charge in [0.15, 0.2) is 0 Å². The normalized spacial score (nSPS) is 25.3. The first-order valence-electron chi connectivity index (χ1n) is 14.1. The van der Waals surface area contributed by atoms with Crippen LogP contribution in [0.2, 0.25) is 0 Å². The molecule has 1 aliphatic carbocycles. The number of rotatable bonds is 11. The Kier molecular flexibility index (Phi) is 10.5. The van der Waals surface area contributed by atoms with E-state index in [1.54, 1.807) is 32.0 Å². The maximum atomic E-state index is 13.4. The van der Waals surface area contributed by atoms with Crippen LogP contribution < -0.4 is 10.6 Å². The molecule has 0 saturated carbocycles. The fourth-order valence-electron chi connectivity index (χ4n) is 4.93. The van der Waals surface area contributed by atoms with Crippen LogP contribution in [0.4, 0.5) is 0 Å². The SMILES string of the molecule is C[C@H](O)[C@@H](NC(=O)C1=C[C@H]2OCO[C@H]2[C@H](OC(=O)c2ccccc2C=CC(=O)O[C@H]2C(=O)OCC2(C)C)C1)C(=O)NCCO. The van der Waals surface area contributed by atoms with Gasteiger partial charge in [0.1, 0.15) is 37.8 Å². The predicted octanol–water partition coefficient (Wildman–Crippen LogP) is -0.234.